The van der Waals surface area contributed by atoms with Crippen molar-refractivity contribution in [3.63, 3.8) is 0 Å². The number of ether oxygens (including phenoxy) is 2. The van der Waals surface area contributed by atoms with Gasteiger partial charge in [0, 0.05) is 6.07 Å². The molecular weight excluding hydrogens is 414 g/mol. The largest absolute Gasteiger partial charge is 0.493 e. The number of carbonyl (C=O) groups excluding carboxylic acids is 3. The van der Waals surface area contributed by atoms with Gasteiger partial charge in [-0.05, 0) is 41.6 Å². The van der Waals surface area contributed by atoms with Gasteiger partial charge in [0.15, 0.2) is 18.1 Å². The number of benzene rings is 2. The molecule has 0 aliphatic carbocycles. The van der Waals surface area contributed by atoms with Crippen molar-refractivity contribution in [2.24, 2.45) is 0 Å². The fraction of sp³-hybridized carbons (Fsp3) is 0.105. The van der Waals surface area contributed by atoms with E-state index in [0.717, 1.165) is 11.8 Å². The molecule has 0 saturated carbocycles. The highest BCUT2D eigenvalue weighted by Gasteiger charge is 2.25. The molecule has 1 fully saturated rings. The Morgan fingerprint density at radius 2 is 2.00 bits per heavy atom. The maximum atomic E-state index is 12.1. The molecule has 154 valence electrons. The van der Waals surface area contributed by atoms with Crippen molar-refractivity contribution in [2.45, 2.75) is 0 Å². The first kappa shape index (κ1) is 20.9. The number of para-hydroxylation sites is 2. The topological polar surface area (TPSA) is 137 Å². The zero-order chi connectivity index (χ0) is 21.7. The molecule has 0 aromatic heterocycles. The van der Waals surface area contributed by atoms with Gasteiger partial charge in [-0.1, -0.05) is 18.2 Å². The van der Waals surface area contributed by atoms with E-state index in [1.54, 1.807) is 24.3 Å². The average molecular weight is 429 g/mol. The lowest BCUT2D eigenvalue weighted by Crippen LogP contribution is -2.20. The van der Waals surface area contributed by atoms with Crippen LogP contribution in [0.15, 0.2) is 47.4 Å². The molecule has 2 aromatic carbocycles. The molecule has 0 radical (unpaired) electrons. The summed E-state index contributed by atoms with van der Waals surface area (Å²) in [6.07, 6.45) is 1.53. The van der Waals surface area contributed by atoms with Crippen molar-refractivity contribution in [1.82, 2.24) is 5.32 Å². The number of methoxy groups -OCH3 is 1. The Balaban J connectivity index is 1.68. The first-order valence-corrected chi connectivity index (χ1v) is 9.28. The number of nitro benzene ring substituents is 1. The van der Waals surface area contributed by atoms with Crippen LogP contribution in [0.2, 0.25) is 0 Å². The second kappa shape index (κ2) is 9.09. The summed E-state index contributed by atoms with van der Waals surface area (Å²) in [7, 11) is 1.41. The van der Waals surface area contributed by atoms with Crippen molar-refractivity contribution >= 4 is 46.3 Å². The molecule has 0 unspecified atom stereocenters. The molecule has 10 nitrogen and oxygen atoms in total. The van der Waals surface area contributed by atoms with Crippen LogP contribution in [-0.4, -0.2) is 35.7 Å². The summed E-state index contributed by atoms with van der Waals surface area (Å²) < 4.78 is 10.7. The van der Waals surface area contributed by atoms with Crippen molar-refractivity contribution in [1.29, 1.82) is 0 Å². The maximum absolute atomic E-state index is 12.1. The van der Waals surface area contributed by atoms with Gasteiger partial charge >= 0.3 is 0 Å². The Labute approximate surface area is 174 Å². The van der Waals surface area contributed by atoms with Crippen LogP contribution in [0.1, 0.15) is 5.56 Å². The summed E-state index contributed by atoms with van der Waals surface area (Å²) in [5, 5.41) is 15.2. The normalized spacial score (nSPS) is 14.4. The third-order valence-corrected chi connectivity index (χ3v) is 4.67. The highest BCUT2D eigenvalue weighted by Crippen LogP contribution is 2.31. The van der Waals surface area contributed by atoms with Crippen LogP contribution in [0.3, 0.4) is 0 Å². The number of anilines is 1. The third kappa shape index (κ3) is 4.94. The third-order valence-electron chi connectivity index (χ3n) is 3.86. The molecule has 0 spiro atoms. The molecule has 0 bridgehead atoms. The molecule has 1 aliphatic heterocycles. The van der Waals surface area contributed by atoms with E-state index < -0.39 is 28.6 Å². The predicted octanol–water partition coefficient (Wildman–Crippen LogP) is 2.94. The van der Waals surface area contributed by atoms with Crippen LogP contribution in [0, 0.1) is 10.1 Å². The molecule has 3 amide bonds. The summed E-state index contributed by atoms with van der Waals surface area (Å²) in [6, 6.07) is 10.5. The number of hydrogen-bond donors (Lipinski definition) is 2. The Morgan fingerprint density at radius 1 is 1.23 bits per heavy atom. The van der Waals surface area contributed by atoms with Crippen LogP contribution >= 0.6 is 11.8 Å². The summed E-state index contributed by atoms with van der Waals surface area (Å²) in [5.74, 6) is -0.499. The SMILES string of the molecule is COc1cc(/C=C2/SC(=O)NC2=O)ccc1OCC(=O)Nc1ccccc1[N+](=O)[O-]. The summed E-state index contributed by atoms with van der Waals surface area (Å²) in [6.45, 7) is -0.407. The fourth-order valence-corrected chi connectivity index (χ4v) is 3.22. The van der Waals surface area contributed by atoms with Gasteiger partial charge in [0.2, 0.25) is 0 Å². The Kier molecular flexibility index (Phi) is 6.32. The monoisotopic (exact) mass is 429 g/mol. The van der Waals surface area contributed by atoms with E-state index in [-0.39, 0.29) is 22.0 Å². The minimum absolute atomic E-state index is 0.0620. The molecule has 0 atom stereocenters. The van der Waals surface area contributed by atoms with E-state index in [2.05, 4.69) is 10.6 Å². The second-order valence-electron chi connectivity index (χ2n) is 5.87. The lowest BCUT2D eigenvalue weighted by molar-refractivity contribution is -0.383. The number of thioether (sulfide) groups is 1. The van der Waals surface area contributed by atoms with E-state index >= 15 is 0 Å². The highest BCUT2D eigenvalue weighted by molar-refractivity contribution is 8.18. The van der Waals surface area contributed by atoms with E-state index in [4.69, 9.17) is 9.47 Å². The first-order valence-electron chi connectivity index (χ1n) is 8.46. The van der Waals surface area contributed by atoms with Crippen molar-refractivity contribution in [2.75, 3.05) is 19.0 Å². The van der Waals surface area contributed by atoms with E-state index in [0.29, 0.717) is 11.3 Å². The molecule has 1 aliphatic rings. The second-order valence-corrected chi connectivity index (χ2v) is 6.89. The summed E-state index contributed by atoms with van der Waals surface area (Å²) in [5.41, 5.74) is 0.427. The Bertz CT molecular complexity index is 1070. The lowest BCUT2D eigenvalue weighted by Gasteiger charge is -2.12. The molecule has 1 heterocycles. The van der Waals surface area contributed by atoms with Crippen molar-refractivity contribution < 1.29 is 28.8 Å². The summed E-state index contributed by atoms with van der Waals surface area (Å²) >= 11 is 0.793. The molecule has 2 aromatic rings. The van der Waals surface area contributed by atoms with Crippen molar-refractivity contribution in [3.05, 3.63) is 63.0 Å². The van der Waals surface area contributed by atoms with Gasteiger partial charge in [0.1, 0.15) is 5.69 Å². The average Bonchev–Trinajstić information content (AvgIpc) is 3.03. The minimum Gasteiger partial charge on any atom is -0.493 e. The fourth-order valence-electron chi connectivity index (χ4n) is 2.53. The number of nitrogens with zero attached hydrogens (tertiary/aromatic N) is 1. The van der Waals surface area contributed by atoms with Gasteiger partial charge in [-0.25, -0.2) is 0 Å². The Morgan fingerprint density at radius 3 is 2.67 bits per heavy atom. The zero-order valence-corrected chi connectivity index (χ0v) is 16.4. The van der Waals surface area contributed by atoms with Gasteiger partial charge in [-0.2, -0.15) is 0 Å². The van der Waals surface area contributed by atoms with Gasteiger partial charge in [-0.15, -0.1) is 0 Å². The van der Waals surface area contributed by atoms with Gasteiger partial charge in [-0.3, -0.25) is 29.8 Å². The smallest absolute Gasteiger partial charge is 0.292 e. The molecule has 3 rings (SSSR count). The number of hydrogen-bond acceptors (Lipinski definition) is 8. The number of carbonyl (C=O) groups is 3. The molecule has 30 heavy (non-hydrogen) atoms. The minimum atomic E-state index is -0.594. The highest BCUT2D eigenvalue weighted by atomic mass is 32.2. The van der Waals surface area contributed by atoms with Crippen LogP contribution in [0.4, 0.5) is 16.2 Å². The molecule has 2 N–H and O–H groups in total. The van der Waals surface area contributed by atoms with Crippen LogP contribution in [-0.2, 0) is 9.59 Å². The predicted molar refractivity (Wildman–Crippen MR) is 109 cm³/mol. The van der Waals surface area contributed by atoms with Crippen LogP contribution in [0.25, 0.3) is 6.08 Å². The van der Waals surface area contributed by atoms with E-state index in [1.165, 1.54) is 31.4 Å². The summed E-state index contributed by atoms with van der Waals surface area (Å²) in [4.78, 5) is 45.7. The lowest BCUT2D eigenvalue weighted by atomic mass is 10.2. The number of amides is 3. The van der Waals surface area contributed by atoms with Gasteiger partial charge in [0.25, 0.3) is 22.7 Å². The number of rotatable bonds is 7. The quantitative estimate of drug-likeness (QED) is 0.389. The number of nitro groups is 1. The van der Waals surface area contributed by atoms with E-state index in [1.807, 2.05) is 0 Å². The molecule has 1 saturated heterocycles. The first-order chi connectivity index (χ1) is 14.4. The zero-order valence-electron chi connectivity index (χ0n) is 15.5. The van der Waals surface area contributed by atoms with Crippen LogP contribution in [0.5, 0.6) is 11.5 Å². The maximum Gasteiger partial charge on any atom is 0.292 e. The van der Waals surface area contributed by atoms with Gasteiger partial charge < -0.3 is 14.8 Å². The van der Waals surface area contributed by atoms with Crippen molar-refractivity contribution in [3.8, 4) is 11.5 Å². The van der Waals surface area contributed by atoms with E-state index in [9.17, 15) is 24.5 Å². The Hall–Kier alpha value is -3.86. The number of nitrogens with one attached hydrogen (secondary N) is 2. The molecular formula is C19H15N3O7S. The van der Waals surface area contributed by atoms with Crippen LogP contribution < -0.4 is 20.1 Å². The standard InChI is InChI=1S/C19H15N3O7S/c1-28-15-8-11(9-16-18(24)21-19(25)30-16)6-7-14(15)29-10-17(23)20-12-4-2-3-5-13(12)22(26)27/h2-9H,10H2,1H3,(H,20,23)(H,21,24,25)/b16-9+. The van der Waals surface area contributed by atoms with Gasteiger partial charge in [0.05, 0.1) is 16.9 Å². The molecule has 11 heteroatoms. The number of imide groups is 1.